The van der Waals surface area contributed by atoms with Gasteiger partial charge in [-0.1, -0.05) is 6.58 Å². The van der Waals surface area contributed by atoms with Crippen molar-refractivity contribution in [2.75, 3.05) is 44.9 Å². The molecule has 0 aromatic carbocycles. The maximum atomic E-state index is 14.3. The van der Waals surface area contributed by atoms with E-state index in [1.807, 2.05) is 19.9 Å². The molecular formula is C24H34FN9O3S. The van der Waals surface area contributed by atoms with Crippen LogP contribution in [-0.4, -0.2) is 78.8 Å². The molecule has 2 aromatic heterocycles. The molecule has 5 N–H and O–H groups in total. The number of nitrogens with two attached hydrogens (primary N) is 2. The molecule has 0 bridgehead atoms. The van der Waals surface area contributed by atoms with Crippen molar-refractivity contribution >= 4 is 33.2 Å². The number of amidine groups is 2. The summed E-state index contributed by atoms with van der Waals surface area (Å²) < 4.78 is 44.5. The number of aromatic nitrogens is 2. The van der Waals surface area contributed by atoms with Gasteiger partial charge in [-0.15, -0.1) is 0 Å². The van der Waals surface area contributed by atoms with Crippen molar-refractivity contribution in [1.29, 1.82) is 0 Å². The van der Waals surface area contributed by atoms with E-state index >= 15 is 0 Å². The number of methoxy groups -OCH3 is 1. The number of ether oxygens (including phenoxy) is 1. The van der Waals surface area contributed by atoms with Crippen LogP contribution in [0.5, 0.6) is 5.88 Å². The fraction of sp³-hybridized carbons (Fsp3) is 0.417. The monoisotopic (exact) mass is 547 g/mol. The number of pyridine rings is 2. The Labute approximate surface area is 222 Å². The van der Waals surface area contributed by atoms with Crippen molar-refractivity contribution in [2.45, 2.75) is 26.3 Å². The highest BCUT2D eigenvalue weighted by Crippen LogP contribution is 2.32. The second-order valence-corrected chi connectivity index (χ2v) is 11.3. The molecule has 2 aromatic rings. The molecule has 0 spiro atoms. The van der Waals surface area contributed by atoms with Crippen LogP contribution in [0.2, 0.25) is 0 Å². The van der Waals surface area contributed by atoms with E-state index in [-0.39, 0.29) is 17.5 Å². The molecule has 1 aliphatic heterocycles. The molecule has 0 unspecified atom stereocenters. The first-order valence-corrected chi connectivity index (χ1v) is 13.6. The standard InChI is InChI=1S/C24H34FN9O3S/c1-15(26)30-16(2)31-21(27)19-11-17(24(3,4)33-7-9-34(10-8-33)38(6,35)36)13-28-22(19)32-18-12-20(25)23(37-5)29-14-18/h11-14H,1,7-10,26H2,2-6H3,(H,28,32)(H2,27,30,31). The second kappa shape index (κ2) is 11.4. The molecule has 3 rings (SSSR count). The molecular weight excluding hydrogens is 513 g/mol. The Hall–Kier alpha value is -3.62. The average molecular weight is 548 g/mol. The highest BCUT2D eigenvalue weighted by Gasteiger charge is 2.34. The van der Waals surface area contributed by atoms with E-state index in [0.29, 0.717) is 49.1 Å². The molecule has 38 heavy (non-hydrogen) atoms. The number of rotatable bonds is 8. The largest absolute Gasteiger partial charge is 0.479 e. The van der Waals surface area contributed by atoms with E-state index in [1.165, 1.54) is 29.9 Å². The van der Waals surface area contributed by atoms with E-state index in [2.05, 4.69) is 36.7 Å². The van der Waals surface area contributed by atoms with Crippen molar-refractivity contribution in [1.82, 2.24) is 19.2 Å². The molecule has 206 valence electrons. The third-order valence-corrected chi connectivity index (χ3v) is 7.52. The number of sulfonamides is 1. The summed E-state index contributed by atoms with van der Waals surface area (Å²) in [6, 6.07) is 3.07. The van der Waals surface area contributed by atoms with Gasteiger partial charge < -0.3 is 21.5 Å². The van der Waals surface area contributed by atoms with Gasteiger partial charge in [0.2, 0.25) is 15.9 Å². The lowest BCUT2D eigenvalue weighted by atomic mass is 9.91. The number of nitrogens with zero attached hydrogens (tertiary/aromatic N) is 6. The summed E-state index contributed by atoms with van der Waals surface area (Å²) >= 11 is 0. The van der Waals surface area contributed by atoms with Crippen molar-refractivity contribution in [2.24, 2.45) is 21.5 Å². The van der Waals surface area contributed by atoms with Crippen LogP contribution in [0.25, 0.3) is 0 Å². The summed E-state index contributed by atoms with van der Waals surface area (Å²) in [5.41, 5.74) is 13.0. The van der Waals surface area contributed by atoms with E-state index in [1.54, 1.807) is 13.1 Å². The van der Waals surface area contributed by atoms with Crippen molar-refractivity contribution in [3.8, 4) is 5.88 Å². The molecule has 1 saturated heterocycles. The van der Waals surface area contributed by atoms with E-state index < -0.39 is 21.4 Å². The van der Waals surface area contributed by atoms with Gasteiger partial charge in [-0.25, -0.2) is 32.8 Å². The van der Waals surface area contributed by atoms with Gasteiger partial charge in [0.1, 0.15) is 23.3 Å². The van der Waals surface area contributed by atoms with Crippen LogP contribution >= 0.6 is 0 Å². The Morgan fingerprint density at radius 1 is 1.16 bits per heavy atom. The Morgan fingerprint density at radius 2 is 1.82 bits per heavy atom. The smallest absolute Gasteiger partial charge is 0.250 e. The van der Waals surface area contributed by atoms with E-state index in [9.17, 15) is 12.8 Å². The maximum absolute atomic E-state index is 14.3. The van der Waals surface area contributed by atoms with Crippen LogP contribution in [0.1, 0.15) is 31.9 Å². The predicted octanol–water partition coefficient (Wildman–Crippen LogP) is 1.73. The summed E-state index contributed by atoms with van der Waals surface area (Å²) in [4.78, 5) is 19.1. The van der Waals surface area contributed by atoms with Crippen LogP contribution in [0, 0.1) is 5.82 Å². The van der Waals surface area contributed by atoms with Crippen LogP contribution in [0.4, 0.5) is 15.9 Å². The number of nitrogens with one attached hydrogen (secondary N) is 1. The van der Waals surface area contributed by atoms with Gasteiger partial charge in [0, 0.05) is 44.0 Å². The van der Waals surface area contributed by atoms with Gasteiger partial charge in [0.15, 0.2) is 5.82 Å². The van der Waals surface area contributed by atoms with Crippen LogP contribution in [0.15, 0.2) is 46.9 Å². The van der Waals surface area contributed by atoms with Crippen molar-refractivity contribution in [3.05, 3.63) is 53.9 Å². The molecule has 0 saturated carbocycles. The fourth-order valence-electron chi connectivity index (χ4n) is 4.10. The number of aliphatic imine (C=N–C) groups is 2. The Morgan fingerprint density at radius 3 is 2.37 bits per heavy atom. The molecule has 0 atom stereocenters. The third kappa shape index (κ3) is 6.82. The highest BCUT2D eigenvalue weighted by atomic mass is 32.2. The molecule has 3 heterocycles. The van der Waals surface area contributed by atoms with Gasteiger partial charge in [0.05, 0.1) is 30.8 Å². The number of piperazine rings is 1. The zero-order valence-corrected chi connectivity index (χ0v) is 23.0. The zero-order valence-electron chi connectivity index (χ0n) is 22.2. The Bertz CT molecular complexity index is 1370. The zero-order chi connectivity index (χ0) is 28.3. The molecule has 12 nitrogen and oxygen atoms in total. The van der Waals surface area contributed by atoms with Gasteiger partial charge >= 0.3 is 0 Å². The topological polar surface area (TPSA) is 164 Å². The first kappa shape index (κ1) is 28.9. The summed E-state index contributed by atoms with van der Waals surface area (Å²) in [5.74, 6) is 0.0170. The fourth-order valence-corrected chi connectivity index (χ4v) is 4.93. The predicted molar refractivity (Wildman–Crippen MR) is 146 cm³/mol. The lowest BCUT2D eigenvalue weighted by Gasteiger charge is -2.43. The SMILES string of the molecule is C=C(N)/N=C(C)\N=C(/N)c1cc(C(C)(C)N2CCN(S(C)(=O)=O)CC2)cnc1Nc1cnc(OC)c(F)c1. The minimum absolute atomic E-state index is 0.0819. The second-order valence-electron chi connectivity index (χ2n) is 9.32. The lowest BCUT2D eigenvalue weighted by molar-refractivity contribution is 0.0777. The first-order valence-electron chi connectivity index (χ1n) is 11.7. The Kier molecular flexibility index (Phi) is 8.69. The summed E-state index contributed by atoms with van der Waals surface area (Å²) in [7, 11) is -1.92. The normalized spacial score (nSPS) is 16.4. The quantitative estimate of drug-likeness (QED) is 0.330. The van der Waals surface area contributed by atoms with Crippen molar-refractivity contribution in [3.63, 3.8) is 0 Å². The van der Waals surface area contributed by atoms with Gasteiger partial charge in [-0.2, -0.15) is 4.31 Å². The summed E-state index contributed by atoms with van der Waals surface area (Å²) in [6.45, 7) is 11.1. The van der Waals surface area contributed by atoms with E-state index in [0.717, 1.165) is 5.56 Å². The highest BCUT2D eigenvalue weighted by molar-refractivity contribution is 7.88. The number of hydrogen-bond acceptors (Lipinski definition) is 9. The third-order valence-electron chi connectivity index (χ3n) is 6.22. The molecule has 1 fully saturated rings. The van der Waals surface area contributed by atoms with Crippen LogP contribution in [0.3, 0.4) is 0 Å². The lowest BCUT2D eigenvalue weighted by Crippen LogP contribution is -2.54. The number of halogens is 1. The minimum atomic E-state index is -3.25. The van der Waals surface area contributed by atoms with Gasteiger partial charge in [0.25, 0.3) is 0 Å². The molecule has 0 amide bonds. The molecule has 14 heteroatoms. The van der Waals surface area contributed by atoms with Crippen molar-refractivity contribution < 1.29 is 17.5 Å². The number of hydrogen-bond donors (Lipinski definition) is 3. The van der Waals surface area contributed by atoms with E-state index in [4.69, 9.17) is 16.2 Å². The summed E-state index contributed by atoms with van der Waals surface area (Å²) in [6.07, 6.45) is 4.32. The first-order chi connectivity index (χ1) is 17.7. The van der Waals surface area contributed by atoms with Gasteiger partial charge in [-0.3, -0.25) is 4.90 Å². The Balaban J connectivity index is 2.01. The summed E-state index contributed by atoms with van der Waals surface area (Å²) in [5, 5.41) is 3.04. The molecule has 1 aliphatic rings. The minimum Gasteiger partial charge on any atom is -0.479 e. The average Bonchev–Trinajstić information content (AvgIpc) is 2.83. The van der Waals surface area contributed by atoms with Gasteiger partial charge in [-0.05, 0) is 32.4 Å². The maximum Gasteiger partial charge on any atom is 0.250 e. The van der Waals surface area contributed by atoms with Crippen LogP contribution < -0.4 is 21.5 Å². The number of anilines is 2. The molecule has 0 aliphatic carbocycles. The van der Waals surface area contributed by atoms with Crippen LogP contribution in [-0.2, 0) is 15.6 Å². The molecule has 0 radical (unpaired) electrons.